The monoisotopic (exact) mass is 329 g/mol. The molecule has 0 radical (unpaired) electrons. The highest BCUT2D eigenvalue weighted by atomic mass is 32.2. The van der Waals surface area contributed by atoms with Gasteiger partial charge in [0.1, 0.15) is 4.32 Å². The molecule has 0 aliphatic carbocycles. The Balaban J connectivity index is 1.55. The number of hydrogen-bond donors (Lipinski definition) is 0. The van der Waals surface area contributed by atoms with Crippen LogP contribution in [-0.2, 0) is 13.0 Å². The van der Waals surface area contributed by atoms with Gasteiger partial charge in [-0.25, -0.2) is 0 Å². The second-order valence-corrected chi connectivity index (χ2v) is 6.91. The van der Waals surface area contributed by atoms with E-state index in [2.05, 4.69) is 51.2 Å². The molecule has 0 spiro atoms. The fourth-order valence-corrected chi connectivity index (χ4v) is 3.57. The molecule has 1 saturated heterocycles. The Morgan fingerprint density at radius 3 is 2.68 bits per heavy atom. The Labute approximate surface area is 141 Å². The van der Waals surface area contributed by atoms with Crippen LogP contribution in [0.5, 0.6) is 0 Å². The third kappa shape index (κ3) is 4.29. The van der Waals surface area contributed by atoms with E-state index in [-0.39, 0.29) is 0 Å². The largest absolute Gasteiger partial charge is 0.344 e. The van der Waals surface area contributed by atoms with E-state index in [1.54, 1.807) is 11.8 Å². The SMILES string of the molecule is S=C1SCN(Cc2ccccn2)CN1CCc1ccccc1. The van der Waals surface area contributed by atoms with Gasteiger partial charge in [0, 0.05) is 19.3 Å². The van der Waals surface area contributed by atoms with E-state index in [9.17, 15) is 0 Å². The molecule has 0 saturated carbocycles. The Hall–Kier alpha value is -1.43. The maximum absolute atomic E-state index is 5.51. The summed E-state index contributed by atoms with van der Waals surface area (Å²) in [4.78, 5) is 9.08. The van der Waals surface area contributed by atoms with Crippen LogP contribution in [0.4, 0.5) is 0 Å². The molecule has 0 unspecified atom stereocenters. The summed E-state index contributed by atoms with van der Waals surface area (Å²) in [5.41, 5.74) is 2.47. The van der Waals surface area contributed by atoms with Gasteiger partial charge in [0.15, 0.2) is 0 Å². The van der Waals surface area contributed by atoms with E-state index in [1.807, 2.05) is 18.3 Å². The first-order chi connectivity index (χ1) is 10.8. The van der Waals surface area contributed by atoms with Gasteiger partial charge < -0.3 is 4.90 Å². The highest BCUT2D eigenvalue weighted by molar-refractivity contribution is 8.22. The quantitative estimate of drug-likeness (QED) is 0.781. The fraction of sp³-hybridized carbons (Fsp3) is 0.294. The zero-order valence-corrected chi connectivity index (χ0v) is 14.0. The van der Waals surface area contributed by atoms with E-state index in [4.69, 9.17) is 12.2 Å². The zero-order valence-electron chi connectivity index (χ0n) is 12.4. The highest BCUT2D eigenvalue weighted by Crippen LogP contribution is 2.20. The predicted octanol–water partition coefficient (Wildman–Crippen LogP) is 3.38. The summed E-state index contributed by atoms with van der Waals surface area (Å²) < 4.78 is 1.01. The van der Waals surface area contributed by atoms with Crippen LogP contribution in [0.25, 0.3) is 0 Å². The van der Waals surface area contributed by atoms with Crippen LogP contribution in [0.3, 0.4) is 0 Å². The molecule has 1 aliphatic heterocycles. The molecule has 5 heteroatoms. The molecule has 0 amide bonds. The highest BCUT2D eigenvalue weighted by Gasteiger charge is 2.21. The van der Waals surface area contributed by atoms with Crippen molar-refractivity contribution in [2.24, 2.45) is 0 Å². The van der Waals surface area contributed by atoms with Crippen LogP contribution in [0, 0.1) is 0 Å². The molecular formula is C17H19N3S2. The van der Waals surface area contributed by atoms with E-state index in [0.717, 1.165) is 42.1 Å². The van der Waals surface area contributed by atoms with E-state index in [0.29, 0.717) is 0 Å². The number of thioether (sulfide) groups is 1. The Morgan fingerprint density at radius 2 is 1.91 bits per heavy atom. The Bertz CT molecular complexity index is 604. The first kappa shape index (κ1) is 15.5. The van der Waals surface area contributed by atoms with Gasteiger partial charge in [0.05, 0.1) is 18.2 Å². The lowest BCUT2D eigenvalue weighted by Crippen LogP contribution is -2.45. The minimum absolute atomic E-state index is 0.873. The first-order valence-corrected chi connectivity index (χ1v) is 8.78. The van der Waals surface area contributed by atoms with Gasteiger partial charge in [0.25, 0.3) is 0 Å². The number of nitrogens with zero attached hydrogens (tertiary/aromatic N) is 3. The van der Waals surface area contributed by atoms with Crippen molar-refractivity contribution in [2.45, 2.75) is 13.0 Å². The number of benzene rings is 1. The first-order valence-electron chi connectivity index (χ1n) is 7.39. The Kier molecular flexibility index (Phi) is 5.43. The van der Waals surface area contributed by atoms with Gasteiger partial charge in [-0.15, -0.1) is 0 Å². The van der Waals surface area contributed by atoms with Crippen LogP contribution >= 0.6 is 24.0 Å². The average Bonchev–Trinajstić information content (AvgIpc) is 2.57. The molecule has 0 atom stereocenters. The van der Waals surface area contributed by atoms with E-state index in [1.165, 1.54) is 5.56 Å². The van der Waals surface area contributed by atoms with Crippen LogP contribution in [0.2, 0.25) is 0 Å². The molecule has 22 heavy (non-hydrogen) atoms. The molecular weight excluding hydrogens is 310 g/mol. The lowest BCUT2D eigenvalue weighted by molar-refractivity contribution is 0.204. The molecule has 1 aromatic carbocycles. The summed E-state index contributed by atoms with van der Waals surface area (Å²) in [5.74, 6) is 0.942. The van der Waals surface area contributed by atoms with Crippen molar-refractivity contribution in [2.75, 3.05) is 19.1 Å². The normalized spacial score (nSPS) is 16.0. The van der Waals surface area contributed by atoms with Crippen molar-refractivity contribution < 1.29 is 0 Å². The van der Waals surface area contributed by atoms with Crippen molar-refractivity contribution in [3.63, 3.8) is 0 Å². The number of aromatic nitrogens is 1. The molecule has 114 valence electrons. The molecule has 0 bridgehead atoms. The standard InChI is InChI=1S/C17H19N3S2/c21-17-20(11-9-15-6-2-1-3-7-15)13-19(14-22-17)12-16-8-4-5-10-18-16/h1-8,10H,9,11-14H2. The van der Waals surface area contributed by atoms with E-state index < -0.39 is 0 Å². The molecule has 1 fully saturated rings. The summed E-state index contributed by atoms with van der Waals surface area (Å²) >= 11 is 7.25. The molecule has 2 aromatic rings. The lowest BCUT2D eigenvalue weighted by Gasteiger charge is -2.36. The molecule has 1 aliphatic rings. The lowest BCUT2D eigenvalue weighted by atomic mass is 10.1. The van der Waals surface area contributed by atoms with Crippen LogP contribution in [0.1, 0.15) is 11.3 Å². The van der Waals surface area contributed by atoms with Crippen LogP contribution in [-0.4, -0.2) is 38.2 Å². The Morgan fingerprint density at radius 1 is 1.09 bits per heavy atom. The molecule has 0 N–H and O–H groups in total. The maximum atomic E-state index is 5.51. The number of pyridine rings is 1. The second kappa shape index (κ2) is 7.72. The third-order valence-electron chi connectivity index (χ3n) is 3.62. The van der Waals surface area contributed by atoms with Crippen molar-refractivity contribution >= 4 is 28.3 Å². The van der Waals surface area contributed by atoms with Crippen LogP contribution < -0.4 is 0 Å². The summed E-state index contributed by atoms with van der Waals surface area (Å²) in [7, 11) is 0. The summed E-state index contributed by atoms with van der Waals surface area (Å²) in [6, 6.07) is 16.6. The van der Waals surface area contributed by atoms with Gasteiger partial charge in [-0.2, -0.15) is 0 Å². The van der Waals surface area contributed by atoms with Gasteiger partial charge in [-0.1, -0.05) is 60.4 Å². The summed E-state index contributed by atoms with van der Waals surface area (Å²) in [5, 5.41) is 0. The topological polar surface area (TPSA) is 19.4 Å². The number of rotatable bonds is 5. The smallest absolute Gasteiger partial charge is 0.138 e. The summed E-state index contributed by atoms with van der Waals surface area (Å²) in [6.07, 6.45) is 2.88. The molecule has 1 aromatic heterocycles. The van der Waals surface area contributed by atoms with Gasteiger partial charge >= 0.3 is 0 Å². The van der Waals surface area contributed by atoms with Crippen LogP contribution in [0.15, 0.2) is 54.7 Å². The predicted molar refractivity (Wildman–Crippen MR) is 96.6 cm³/mol. The van der Waals surface area contributed by atoms with Gasteiger partial charge in [-0.3, -0.25) is 9.88 Å². The average molecular weight is 329 g/mol. The zero-order chi connectivity index (χ0) is 15.2. The fourth-order valence-electron chi connectivity index (χ4n) is 2.46. The molecule has 3 nitrogen and oxygen atoms in total. The third-order valence-corrected chi connectivity index (χ3v) is 5.24. The molecule has 2 heterocycles. The number of hydrogen-bond acceptors (Lipinski definition) is 4. The van der Waals surface area contributed by atoms with Crippen molar-refractivity contribution in [1.82, 2.24) is 14.8 Å². The van der Waals surface area contributed by atoms with Gasteiger partial charge in [-0.05, 0) is 24.1 Å². The maximum Gasteiger partial charge on any atom is 0.138 e. The van der Waals surface area contributed by atoms with Crippen molar-refractivity contribution in [1.29, 1.82) is 0 Å². The van der Waals surface area contributed by atoms with Gasteiger partial charge in [0.2, 0.25) is 0 Å². The minimum atomic E-state index is 0.873. The number of thiocarbonyl (C=S) groups is 1. The van der Waals surface area contributed by atoms with E-state index >= 15 is 0 Å². The second-order valence-electron chi connectivity index (χ2n) is 5.33. The summed E-state index contributed by atoms with van der Waals surface area (Å²) in [6.45, 7) is 2.72. The van der Waals surface area contributed by atoms with Crippen molar-refractivity contribution in [3.05, 3.63) is 66.0 Å². The molecule has 3 rings (SSSR count). The van der Waals surface area contributed by atoms with Crippen molar-refractivity contribution in [3.8, 4) is 0 Å². The minimum Gasteiger partial charge on any atom is -0.344 e.